The first-order chi connectivity index (χ1) is 6.95. The highest BCUT2D eigenvalue weighted by Gasteiger charge is 1.96. The minimum absolute atomic E-state index is 0.473. The summed E-state index contributed by atoms with van der Waals surface area (Å²) in [6.07, 6.45) is 2.26. The van der Waals surface area contributed by atoms with Crippen LogP contribution in [0.4, 0.5) is 6.01 Å². The van der Waals surface area contributed by atoms with E-state index in [0.717, 1.165) is 13.0 Å². The van der Waals surface area contributed by atoms with Gasteiger partial charge in [0.15, 0.2) is 0 Å². The topological polar surface area (TPSA) is 51.0 Å². The van der Waals surface area contributed by atoms with Gasteiger partial charge in [0.25, 0.3) is 0 Å². The zero-order chi connectivity index (χ0) is 9.64. The van der Waals surface area contributed by atoms with Crippen molar-refractivity contribution < 1.29 is 4.42 Å². The Morgan fingerprint density at radius 2 is 2.07 bits per heavy atom. The predicted molar refractivity (Wildman–Crippen MR) is 52.9 cm³/mol. The molecule has 1 aromatic heterocycles. The SMILES string of the molecule is c1ccc(CCNc2nnco2)cc1. The number of nitrogens with one attached hydrogen (secondary N) is 1. The van der Waals surface area contributed by atoms with Gasteiger partial charge in [0.2, 0.25) is 6.39 Å². The number of anilines is 1. The molecule has 0 aliphatic rings. The molecule has 0 saturated heterocycles. The van der Waals surface area contributed by atoms with Crippen LogP contribution in [0.2, 0.25) is 0 Å². The lowest BCUT2D eigenvalue weighted by molar-refractivity contribution is 0.565. The Balaban J connectivity index is 1.79. The van der Waals surface area contributed by atoms with E-state index in [-0.39, 0.29) is 0 Å². The standard InChI is InChI=1S/C10H11N3O/c1-2-4-9(5-3-1)6-7-11-10-13-12-8-14-10/h1-5,8H,6-7H2,(H,11,13). The van der Waals surface area contributed by atoms with Crippen molar-refractivity contribution in [3.05, 3.63) is 42.3 Å². The summed E-state index contributed by atoms with van der Waals surface area (Å²) in [4.78, 5) is 0. The Labute approximate surface area is 82.0 Å². The number of benzene rings is 1. The monoisotopic (exact) mass is 189 g/mol. The maximum Gasteiger partial charge on any atom is 0.315 e. The number of rotatable bonds is 4. The molecule has 0 spiro atoms. The molecule has 1 aromatic carbocycles. The van der Waals surface area contributed by atoms with E-state index in [2.05, 4.69) is 27.6 Å². The van der Waals surface area contributed by atoms with Gasteiger partial charge in [-0.1, -0.05) is 35.4 Å². The van der Waals surface area contributed by atoms with Gasteiger partial charge < -0.3 is 9.73 Å². The first kappa shape index (κ1) is 8.74. The molecule has 14 heavy (non-hydrogen) atoms. The first-order valence-electron chi connectivity index (χ1n) is 4.49. The molecule has 0 aliphatic carbocycles. The largest absolute Gasteiger partial charge is 0.411 e. The zero-order valence-electron chi connectivity index (χ0n) is 7.68. The van der Waals surface area contributed by atoms with E-state index in [4.69, 9.17) is 4.42 Å². The van der Waals surface area contributed by atoms with Crippen molar-refractivity contribution in [3.8, 4) is 0 Å². The van der Waals surface area contributed by atoms with Crippen molar-refractivity contribution in [2.45, 2.75) is 6.42 Å². The van der Waals surface area contributed by atoms with Crippen LogP contribution in [0.25, 0.3) is 0 Å². The van der Waals surface area contributed by atoms with Crippen LogP contribution in [-0.4, -0.2) is 16.7 Å². The van der Waals surface area contributed by atoms with Gasteiger partial charge in [0, 0.05) is 6.54 Å². The molecular formula is C10H11N3O. The van der Waals surface area contributed by atoms with Gasteiger partial charge >= 0.3 is 6.01 Å². The summed E-state index contributed by atoms with van der Waals surface area (Å²) in [7, 11) is 0. The molecule has 0 atom stereocenters. The lowest BCUT2D eigenvalue weighted by Gasteiger charge is -2.00. The molecular weight excluding hydrogens is 178 g/mol. The lowest BCUT2D eigenvalue weighted by Crippen LogP contribution is -2.04. The van der Waals surface area contributed by atoms with Gasteiger partial charge in [-0.05, 0) is 12.0 Å². The Bertz CT molecular complexity index is 358. The van der Waals surface area contributed by atoms with Gasteiger partial charge in [-0.2, -0.15) is 0 Å². The van der Waals surface area contributed by atoms with Gasteiger partial charge in [-0.15, -0.1) is 5.10 Å². The van der Waals surface area contributed by atoms with Crippen molar-refractivity contribution in [3.63, 3.8) is 0 Å². The fraction of sp³-hybridized carbons (Fsp3) is 0.200. The van der Waals surface area contributed by atoms with Crippen molar-refractivity contribution in [1.29, 1.82) is 0 Å². The number of hydrogen-bond acceptors (Lipinski definition) is 4. The van der Waals surface area contributed by atoms with Crippen LogP contribution in [0.5, 0.6) is 0 Å². The van der Waals surface area contributed by atoms with E-state index in [1.165, 1.54) is 12.0 Å². The highest BCUT2D eigenvalue weighted by Crippen LogP contribution is 2.01. The van der Waals surface area contributed by atoms with E-state index >= 15 is 0 Å². The number of nitrogens with zero attached hydrogens (tertiary/aromatic N) is 2. The molecule has 4 nitrogen and oxygen atoms in total. The molecule has 72 valence electrons. The van der Waals surface area contributed by atoms with E-state index in [1.54, 1.807) is 0 Å². The number of aromatic nitrogens is 2. The molecule has 2 aromatic rings. The minimum Gasteiger partial charge on any atom is -0.411 e. The molecule has 0 saturated carbocycles. The van der Waals surface area contributed by atoms with Crippen LogP contribution in [0.1, 0.15) is 5.56 Å². The zero-order valence-corrected chi connectivity index (χ0v) is 7.68. The van der Waals surface area contributed by atoms with E-state index < -0.39 is 0 Å². The smallest absolute Gasteiger partial charge is 0.315 e. The van der Waals surface area contributed by atoms with Crippen LogP contribution < -0.4 is 5.32 Å². The lowest BCUT2D eigenvalue weighted by atomic mass is 10.1. The van der Waals surface area contributed by atoms with E-state index in [1.807, 2.05) is 18.2 Å². The van der Waals surface area contributed by atoms with Crippen molar-refractivity contribution in [2.24, 2.45) is 0 Å². The molecule has 0 unspecified atom stereocenters. The van der Waals surface area contributed by atoms with Gasteiger partial charge in [-0.3, -0.25) is 0 Å². The van der Waals surface area contributed by atoms with Crippen LogP contribution in [-0.2, 0) is 6.42 Å². The van der Waals surface area contributed by atoms with Crippen molar-refractivity contribution >= 4 is 6.01 Å². The van der Waals surface area contributed by atoms with Crippen LogP contribution >= 0.6 is 0 Å². The Hall–Kier alpha value is -1.84. The Morgan fingerprint density at radius 3 is 2.79 bits per heavy atom. The average Bonchev–Trinajstić information content (AvgIpc) is 2.72. The Kier molecular flexibility index (Phi) is 2.76. The molecule has 1 N–H and O–H groups in total. The maximum absolute atomic E-state index is 4.94. The molecule has 1 heterocycles. The summed E-state index contributed by atoms with van der Waals surface area (Å²) >= 11 is 0. The fourth-order valence-corrected chi connectivity index (χ4v) is 1.21. The molecule has 4 heteroatoms. The van der Waals surface area contributed by atoms with Crippen molar-refractivity contribution in [2.75, 3.05) is 11.9 Å². The van der Waals surface area contributed by atoms with Crippen molar-refractivity contribution in [1.82, 2.24) is 10.2 Å². The highest BCUT2D eigenvalue weighted by molar-refractivity contribution is 5.19. The van der Waals surface area contributed by atoms with E-state index in [9.17, 15) is 0 Å². The van der Waals surface area contributed by atoms with Crippen LogP contribution in [0.15, 0.2) is 41.1 Å². The van der Waals surface area contributed by atoms with Gasteiger partial charge in [0.05, 0.1) is 0 Å². The summed E-state index contributed by atoms with van der Waals surface area (Å²) in [6.45, 7) is 0.798. The maximum atomic E-state index is 4.94. The normalized spacial score (nSPS) is 10.0. The Morgan fingerprint density at radius 1 is 1.21 bits per heavy atom. The van der Waals surface area contributed by atoms with Crippen LogP contribution in [0, 0.1) is 0 Å². The van der Waals surface area contributed by atoms with E-state index in [0.29, 0.717) is 6.01 Å². The third-order valence-corrected chi connectivity index (χ3v) is 1.89. The average molecular weight is 189 g/mol. The predicted octanol–water partition coefficient (Wildman–Crippen LogP) is 1.72. The summed E-state index contributed by atoms with van der Waals surface area (Å²) in [5, 5.41) is 10.3. The molecule has 0 radical (unpaired) electrons. The second kappa shape index (κ2) is 4.41. The van der Waals surface area contributed by atoms with Gasteiger partial charge in [-0.25, -0.2) is 0 Å². The minimum atomic E-state index is 0.473. The first-order valence-corrected chi connectivity index (χ1v) is 4.49. The summed E-state index contributed by atoms with van der Waals surface area (Å²) in [6, 6.07) is 10.7. The summed E-state index contributed by atoms with van der Waals surface area (Å²) < 4.78 is 4.94. The fourth-order valence-electron chi connectivity index (χ4n) is 1.21. The molecule has 2 rings (SSSR count). The molecule has 0 amide bonds. The third-order valence-electron chi connectivity index (χ3n) is 1.89. The van der Waals surface area contributed by atoms with Gasteiger partial charge in [0.1, 0.15) is 0 Å². The molecule has 0 bridgehead atoms. The summed E-state index contributed by atoms with van der Waals surface area (Å²) in [5.74, 6) is 0. The molecule has 0 aliphatic heterocycles. The number of hydrogen-bond donors (Lipinski definition) is 1. The van der Waals surface area contributed by atoms with Crippen LogP contribution in [0.3, 0.4) is 0 Å². The second-order valence-corrected chi connectivity index (χ2v) is 2.91. The second-order valence-electron chi connectivity index (χ2n) is 2.91. The molecule has 0 fully saturated rings. The highest BCUT2D eigenvalue weighted by atomic mass is 16.4. The third kappa shape index (κ3) is 2.32. The summed E-state index contributed by atoms with van der Waals surface area (Å²) in [5.41, 5.74) is 1.29. The quantitative estimate of drug-likeness (QED) is 0.795.